The minimum atomic E-state index is -0.228. The number of aromatic nitrogens is 2. The first-order chi connectivity index (χ1) is 13.1. The van der Waals surface area contributed by atoms with E-state index in [1.54, 1.807) is 12.1 Å². The van der Waals surface area contributed by atoms with Crippen LogP contribution in [0, 0.1) is 6.92 Å². The average Bonchev–Trinajstić information content (AvgIpc) is 3.09. The molecule has 0 aliphatic rings. The molecular formula is C21H24N4O2. The summed E-state index contributed by atoms with van der Waals surface area (Å²) in [5.41, 5.74) is 3.84. The summed E-state index contributed by atoms with van der Waals surface area (Å²) in [5, 5.41) is 13.6. The lowest BCUT2D eigenvalue weighted by molar-refractivity contribution is 0.0940. The maximum absolute atomic E-state index is 12.5. The summed E-state index contributed by atoms with van der Waals surface area (Å²) in [4.78, 5) is 24.5. The van der Waals surface area contributed by atoms with Crippen molar-refractivity contribution in [1.82, 2.24) is 20.8 Å². The SMILES string of the molecule is CCCCNC(=O)c1ccc(CNC(=O)c2n[nH]c3ccc(C)cc23)cc1. The number of aryl methyl sites for hydroxylation is 1. The van der Waals surface area contributed by atoms with Crippen molar-refractivity contribution in [3.8, 4) is 0 Å². The predicted molar refractivity (Wildman–Crippen MR) is 106 cm³/mol. The van der Waals surface area contributed by atoms with Gasteiger partial charge in [-0.25, -0.2) is 0 Å². The lowest BCUT2D eigenvalue weighted by Crippen LogP contribution is -2.25. The molecule has 2 aromatic carbocycles. The summed E-state index contributed by atoms with van der Waals surface area (Å²) >= 11 is 0. The van der Waals surface area contributed by atoms with E-state index in [0.29, 0.717) is 24.3 Å². The molecule has 0 spiro atoms. The zero-order valence-corrected chi connectivity index (χ0v) is 15.6. The van der Waals surface area contributed by atoms with Crippen molar-refractivity contribution in [2.24, 2.45) is 0 Å². The number of benzene rings is 2. The third kappa shape index (κ3) is 4.53. The molecule has 0 saturated carbocycles. The molecule has 0 unspecified atom stereocenters. The molecule has 3 aromatic rings. The van der Waals surface area contributed by atoms with E-state index in [-0.39, 0.29) is 11.8 Å². The van der Waals surface area contributed by atoms with Gasteiger partial charge in [-0.2, -0.15) is 5.10 Å². The Kier molecular flexibility index (Phi) is 5.86. The van der Waals surface area contributed by atoms with Crippen molar-refractivity contribution in [2.75, 3.05) is 6.54 Å². The fourth-order valence-corrected chi connectivity index (χ4v) is 2.82. The quantitative estimate of drug-likeness (QED) is 0.562. The van der Waals surface area contributed by atoms with Gasteiger partial charge in [0, 0.05) is 24.0 Å². The minimum Gasteiger partial charge on any atom is -0.352 e. The normalized spacial score (nSPS) is 10.7. The number of carbonyl (C=O) groups excluding carboxylic acids is 2. The van der Waals surface area contributed by atoms with Crippen LogP contribution in [0.25, 0.3) is 10.9 Å². The Balaban J connectivity index is 1.60. The minimum absolute atomic E-state index is 0.0719. The molecule has 0 fully saturated rings. The molecule has 0 aliphatic carbocycles. The van der Waals surface area contributed by atoms with E-state index in [1.165, 1.54) is 0 Å². The van der Waals surface area contributed by atoms with Gasteiger partial charge in [-0.15, -0.1) is 0 Å². The Bertz CT molecular complexity index is 944. The van der Waals surface area contributed by atoms with Gasteiger partial charge in [0.25, 0.3) is 11.8 Å². The van der Waals surface area contributed by atoms with Gasteiger partial charge >= 0.3 is 0 Å². The van der Waals surface area contributed by atoms with Crippen LogP contribution in [0.4, 0.5) is 0 Å². The second-order valence-corrected chi connectivity index (χ2v) is 6.61. The summed E-state index contributed by atoms with van der Waals surface area (Å²) < 4.78 is 0. The number of H-pyrrole nitrogens is 1. The van der Waals surface area contributed by atoms with Gasteiger partial charge in [-0.3, -0.25) is 14.7 Å². The number of unbranched alkanes of at least 4 members (excludes halogenated alkanes) is 1. The van der Waals surface area contributed by atoms with E-state index in [4.69, 9.17) is 0 Å². The van der Waals surface area contributed by atoms with Crippen LogP contribution in [0.1, 0.15) is 51.7 Å². The third-order valence-electron chi connectivity index (χ3n) is 4.42. The van der Waals surface area contributed by atoms with E-state index in [0.717, 1.165) is 34.9 Å². The van der Waals surface area contributed by atoms with Gasteiger partial charge < -0.3 is 10.6 Å². The molecule has 1 aromatic heterocycles. The zero-order chi connectivity index (χ0) is 19.2. The highest BCUT2D eigenvalue weighted by atomic mass is 16.2. The number of nitrogens with one attached hydrogen (secondary N) is 3. The first kappa shape index (κ1) is 18.6. The van der Waals surface area contributed by atoms with E-state index in [1.807, 2.05) is 37.3 Å². The summed E-state index contributed by atoms with van der Waals surface area (Å²) in [6.07, 6.45) is 2.01. The molecular weight excluding hydrogens is 340 g/mol. The topological polar surface area (TPSA) is 86.9 Å². The van der Waals surface area contributed by atoms with E-state index < -0.39 is 0 Å². The lowest BCUT2D eigenvalue weighted by atomic mass is 10.1. The number of rotatable bonds is 7. The number of nitrogens with zero attached hydrogens (tertiary/aromatic N) is 1. The zero-order valence-electron chi connectivity index (χ0n) is 15.6. The Morgan fingerprint density at radius 3 is 2.56 bits per heavy atom. The maximum Gasteiger partial charge on any atom is 0.272 e. The van der Waals surface area contributed by atoms with Crippen LogP contribution in [0.15, 0.2) is 42.5 Å². The largest absolute Gasteiger partial charge is 0.352 e. The monoisotopic (exact) mass is 364 g/mol. The van der Waals surface area contributed by atoms with Gasteiger partial charge in [0.05, 0.1) is 5.52 Å². The van der Waals surface area contributed by atoms with Gasteiger partial charge in [-0.1, -0.05) is 37.1 Å². The number of hydrogen-bond donors (Lipinski definition) is 3. The van der Waals surface area contributed by atoms with Crippen LogP contribution >= 0.6 is 0 Å². The van der Waals surface area contributed by atoms with Crippen LogP contribution in [-0.2, 0) is 6.54 Å². The molecule has 0 atom stereocenters. The molecule has 0 bridgehead atoms. The molecule has 0 radical (unpaired) electrons. The Labute approximate surface area is 158 Å². The van der Waals surface area contributed by atoms with Gasteiger partial charge in [-0.05, 0) is 43.2 Å². The fourth-order valence-electron chi connectivity index (χ4n) is 2.82. The van der Waals surface area contributed by atoms with Crippen molar-refractivity contribution >= 4 is 22.7 Å². The second-order valence-electron chi connectivity index (χ2n) is 6.61. The molecule has 140 valence electrons. The van der Waals surface area contributed by atoms with Crippen molar-refractivity contribution in [1.29, 1.82) is 0 Å². The van der Waals surface area contributed by atoms with Crippen molar-refractivity contribution in [2.45, 2.75) is 33.2 Å². The Morgan fingerprint density at radius 2 is 1.81 bits per heavy atom. The van der Waals surface area contributed by atoms with Crippen LogP contribution in [0.2, 0.25) is 0 Å². The molecule has 2 amide bonds. The maximum atomic E-state index is 12.5. The highest BCUT2D eigenvalue weighted by molar-refractivity contribution is 6.04. The highest BCUT2D eigenvalue weighted by Gasteiger charge is 2.14. The first-order valence-corrected chi connectivity index (χ1v) is 9.18. The molecule has 3 N–H and O–H groups in total. The molecule has 0 aliphatic heterocycles. The average molecular weight is 364 g/mol. The van der Waals surface area contributed by atoms with Crippen LogP contribution < -0.4 is 10.6 Å². The Morgan fingerprint density at radius 1 is 1.04 bits per heavy atom. The molecule has 1 heterocycles. The highest BCUT2D eigenvalue weighted by Crippen LogP contribution is 2.17. The fraction of sp³-hybridized carbons (Fsp3) is 0.286. The lowest BCUT2D eigenvalue weighted by Gasteiger charge is -2.07. The van der Waals surface area contributed by atoms with Crippen LogP contribution in [0.5, 0.6) is 0 Å². The van der Waals surface area contributed by atoms with Crippen molar-refractivity contribution in [3.63, 3.8) is 0 Å². The summed E-state index contributed by atoms with van der Waals surface area (Å²) in [7, 11) is 0. The number of hydrogen-bond acceptors (Lipinski definition) is 3. The van der Waals surface area contributed by atoms with E-state index in [2.05, 4.69) is 27.8 Å². The van der Waals surface area contributed by atoms with Crippen LogP contribution in [-0.4, -0.2) is 28.6 Å². The third-order valence-corrected chi connectivity index (χ3v) is 4.42. The van der Waals surface area contributed by atoms with Gasteiger partial charge in [0.2, 0.25) is 0 Å². The van der Waals surface area contributed by atoms with E-state index >= 15 is 0 Å². The smallest absolute Gasteiger partial charge is 0.272 e. The van der Waals surface area contributed by atoms with E-state index in [9.17, 15) is 9.59 Å². The van der Waals surface area contributed by atoms with Crippen molar-refractivity contribution < 1.29 is 9.59 Å². The molecule has 0 saturated heterocycles. The number of fused-ring (bicyclic) bond motifs is 1. The number of amides is 2. The second kappa shape index (κ2) is 8.49. The molecule has 6 heteroatoms. The number of aromatic amines is 1. The predicted octanol–water partition coefficient (Wildman–Crippen LogP) is 3.33. The molecule has 27 heavy (non-hydrogen) atoms. The molecule has 3 rings (SSSR count). The summed E-state index contributed by atoms with van der Waals surface area (Å²) in [6, 6.07) is 13.1. The number of carbonyl (C=O) groups is 2. The molecule has 6 nitrogen and oxygen atoms in total. The summed E-state index contributed by atoms with van der Waals surface area (Å²) in [6.45, 7) is 5.12. The van der Waals surface area contributed by atoms with Crippen LogP contribution in [0.3, 0.4) is 0 Å². The summed E-state index contributed by atoms with van der Waals surface area (Å²) in [5.74, 6) is -0.300. The standard InChI is InChI=1S/C21H24N4O2/c1-3-4-11-22-20(26)16-8-6-15(7-9-16)13-23-21(27)19-17-12-14(2)5-10-18(17)24-25-19/h5-10,12H,3-4,11,13H2,1-2H3,(H,22,26)(H,23,27)(H,24,25). The van der Waals surface area contributed by atoms with Gasteiger partial charge in [0.15, 0.2) is 5.69 Å². The van der Waals surface area contributed by atoms with Crippen molar-refractivity contribution in [3.05, 3.63) is 64.8 Å². The Hall–Kier alpha value is -3.15. The first-order valence-electron chi connectivity index (χ1n) is 9.18. The van der Waals surface area contributed by atoms with Gasteiger partial charge in [0.1, 0.15) is 0 Å².